The number of nitrogens with zero attached hydrogens (tertiary/aromatic N) is 6. The molecular formula is C24H29N7O. The second-order valence-electron chi connectivity index (χ2n) is 8.70. The Morgan fingerprint density at radius 2 is 2.03 bits per heavy atom. The van der Waals surface area contributed by atoms with E-state index in [1.165, 1.54) is 0 Å². The summed E-state index contributed by atoms with van der Waals surface area (Å²) < 4.78 is 4.13. The number of likely N-dealkylation sites (tertiary alicyclic amines) is 1. The molecule has 0 unspecified atom stereocenters. The van der Waals surface area contributed by atoms with Gasteiger partial charge >= 0.3 is 0 Å². The first-order valence-corrected chi connectivity index (χ1v) is 11.3. The van der Waals surface area contributed by atoms with Crippen molar-refractivity contribution in [2.24, 2.45) is 18.7 Å². The Labute approximate surface area is 187 Å². The molecule has 8 nitrogen and oxygen atoms in total. The lowest BCUT2D eigenvalue weighted by molar-refractivity contribution is 0.0739. The molecule has 1 aliphatic heterocycles. The Balaban J connectivity index is 1.55. The SMILES string of the molecule is CC[C@@H]1CN(C(=O)c2cnc3c(c2)nc(-c2cc4cccnc4n2CC)n3C)[C@H](C)[C@@H]1N. The van der Waals surface area contributed by atoms with Gasteiger partial charge in [0.1, 0.15) is 11.2 Å². The number of amides is 1. The zero-order valence-electron chi connectivity index (χ0n) is 19.0. The van der Waals surface area contributed by atoms with Gasteiger partial charge in [-0.1, -0.05) is 13.3 Å². The molecule has 0 saturated carbocycles. The van der Waals surface area contributed by atoms with Crippen molar-refractivity contribution in [1.82, 2.24) is 29.0 Å². The van der Waals surface area contributed by atoms with Crippen LogP contribution in [0.25, 0.3) is 33.7 Å². The second-order valence-corrected chi connectivity index (χ2v) is 8.70. The van der Waals surface area contributed by atoms with Crippen molar-refractivity contribution in [2.45, 2.75) is 45.8 Å². The van der Waals surface area contributed by atoms with Crippen LogP contribution in [0.1, 0.15) is 37.6 Å². The van der Waals surface area contributed by atoms with Crippen LogP contribution in [0.4, 0.5) is 0 Å². The van der Waals surface area contributed by atoms with E-state index in [-0.39, 0.29) is 18.0 Å². The molecule has 32 heavy (non-hydrogen) atoms. The molecule has 8 heteroatoms. The Morgan fingerprint density at radius 1 is 1.22 bits per heavy atom. The Morgan fingerprint density at radius 3 is 2.75 bits per heavy atom. The van der Waals surface area contributed by atoms with Crippen LogP contribution in [0, 0.1) is 5.92 Å². The van der Waals surface area contributed by atoms with E-state index in [0.29, 0.717) is 23.5 Å². The van der Waals surface area contributed by atoms with Gasteiger partial charge in [0.15, 0.2) is 11.5 Å². The Hall–Kier alpha value is -3.26. The van der Waals surface area contributed by atoms with Crippen LogP contribution in [-0.2, 0) is 13.6 Å². The van der Waals surface area contributed by atoms with Gasteiger partial charge in [0.2, 0.25) is 0 Å². The first kappa shape index (κ1) is 20.6. The number of carbonyl (C=O) groups is 1. The molecule has 0 radical (unpaired) electrons. The third kappa shape index (κ3) is 3.01. The van der Waals surface area contributed by atoms with Crippen molar-refractivity contribution in [3.63, 3.8) is 0 Å². The smallest absolute Gasteiger partial charge is 0.255 e. The highest BCUT2D eigenvalue weighted by Crippen LogP contribution is 2.30. The number of hydrogen-bond acceptors (Lipinski definition) is 5. The average Bonchev–Trinajstić information content (AvgIpc) is 3.44. The van der Waals surface area contributed by atoms with Crippen molar-refractivity contribution in [3.05, 3.63) is 42.2 Å². The first-order chi connectivity index (χ1) is 15.4. The minimum absolute atomic E-state index is 0.00617. The fourth-order valence-corrected chi connectivity index (χ4v) is 4.99. The minimum Gasteiger partial charge on any atom is -0.334 e. The van der Waals surface area contributed by atoms with E-state index >= 15 is 0 Å². The summed E-state index contributed by atoms with van der Waals surface area (Å²) in [6.45, 7) is 7.72. The van der Waals surface area contributed by atoms with Crippen LogP contribution in [0.15, 0.2) is 36.7 Å². The highest BCUT2D eigenvalue weighted by atomic mass is 16.2. The summed E-state index contributed by atoms with van der Waals surface area (Å²) in [5.74, 6) is 1.11. The number of hydrogen-bond donors (Lipinski definition) is 1. The number of rotatable bonds is 4. The van der Waals surface area contributed by atoms with Gasteiger partial charge in [-0.05, 0) is 44.0 Å². The normalized spacial score (nSPS) is 21.2. The highest BCUT2D eigenvalue weighted by Gasteiger charge is 2.38. The van der Waals surface area contributed by atoms with Crippen LogP contribution in [0.2, 0.25) is 0 Å². The standard InChI is InChI=1S/C24H29N7O/c1-5-15-13-31(14(3)20(15)25)24(32)17-10-18-22(27-12-17)29(4)23(28-18)19-11-16-8-7-9-26-21(16)30(19)6-2/h7-12,14-15,20H,5-6,13,25H2,1-4H3/t14-,15-,20+/m1/s1. The van der Waals surface area contributed by atoms with Crippen molar-refractivity contribution in [2.75, 3.05) is 6.54 Å². The van der Waals surface area contributed by atoms with Gasteiger partial charge in [-0.3, -0.25) is 4.79 Å². The van der Waals surface area contributed by atoms with Gasteiger partial charge in [-0.25, -0.2) is 15.0 Å². The summed E-state index contributed by atoms with van der Waals surface area (Å²) in [6.07, 6.45) is 4.43. The summed E-state index contributed by atoms with van der Waals surface area (Å²) in [4.78, 5) is 29.2. The molecule has 4 aromatic heterocycles. The third-order valence-electron chi connectivity index (χ3n) is 6.97. The molecule has 0 spiro atoms. The van der Waals surface area contributed by atoms with Crippen LogP contribution in [-0.4, -0.2) is 53.5 Å². The lowest BCUT2D eigenvalue weighted by atomic mass is 9.98. The fraction of sp³-hybridized carbons (Fsp3) is 0.417. The maximum Gasteiger partial charge on any atom is 0.255 e. The van der Waals surface area contributed by atoms with Crippen molar-refractivity contribution >= 4 is 28.1 Å². The van der Waals surface area contributed by atoms with Crippen molar-refractivity contribution in [1.29, 1.82) is 0 Å². The number of pyridine rings is 2. The highest BCUT2D eigenvalue weighted by molar-refractivity contribution is 5.97. The van der Waals surface area contributed by atoms with Crippen LogP contribution in [0.5, 0.6) is 0 Å². The Kier molecular flexibility index (Phi) is 4.97. The predicted molar refractivity (Wildman–Crippen MR) is 125 cm³/mol. The molecule has 1 aliphatic rings. The van der Waals surface area contributed by atoms with Gasteiger partial charge in [0.25, 0.3) is 5.91 Å². The van der Waals surface area contributed by atoms with E-state index in [1.807, 2.05) is 35.6 Å². The molecule has 1 saturated heterocycles. The number of nitrogens with two attached hydrogens (primary N) is 1. The molecule has 1 fully saturated rings. The maximum absolute atomic E-state index is 13.3. The zero-order chi connectivity index (χ0) is 22.6. The van der Waals surface area contributed by atoms with Crippen molar-refractivity contribution < 1.29 is 4.79 Å². The van der Waals surface area contributed by atoms with Crippen LogP contribution < -0.4 is 5.73 Å². The lowest BCUT2D eigenvalue weighted by Gasteiger charge is -2.23. The van der Waals surface area contributed by atoms with Crippen molar-refractivity contribution in [3.8, 4) is 11.5 Å². The molecule has 4 aromatic rings. The quantitative estimate of drug-likeness (QED) is 0.535. The number of aryl methyl sites for hydroxylation is 2. The molecule has 3 atom stereocenters. The average molecular weight is 432 g/mol. The first-order valence-electron chi connectivity index (χ1n) is 11.3. The number of fused-ring (bicyclic) bond motifs is 2. The van der Waals surface area contributed by atoms with E-state index in [0.717, 1.165) is 41.2 Å². The lowest BCUT2D eigenvalue weighted by Crippen LogP contribution is -2.41. The summed E-state index contributed by atoms with van der Waals surface area (Å²) in [5.41, 5.74) is 10.3. The number of aromatic nitrogens is 5. The summed E-state index contributed by atoms with van der Waals surface area (Å²) in [6, 6.07) is 7.97. The number of carbonyl (C=O) groups excluding carboxylic acids is 1. The summed E-state index contributed by atoms with van der Waals surface area (Å²) >= 11 is 0. The molecule has 166 valence electrons. The van der Waals surface area contributed by atoms with Gasteiger partial charge in [0.05, 0.1) is 11.3 Å². The Bertz CT molecular complexity index is 1320. The van der Waals surface area contributed by atoms with Gasteiger partial charge < -0.3 is 19.8 Å². The van der Waals surface area contributed by atoms with Gasteiger partial charge in [-0.2, -0.15) is 0 Å². The maximum atomic E-state index is 13.3. The fourth-order valence-electron chi connectivity index (χ4n) is 4.99. The molecule has 0 aliphatic carbocycles. The van der Waals surface area contributed by atoms with E-state index < -0.39 is 0 Å². The zero-order valence-corrected chi connectivity index (χ0v) is 19.0. The van der Waals surface area contributed by atoms with E-state index in [2.05, 4.69) is 40.5 Å². The summed E-state index contributed by atoms with van der Waals surface area (Å²) in [7, 11) is 1.96. The molecular weight excluding hydrogens is 402 g/mol. The van der Waals surface area contributed by atoms with Crippen LogP contribution in [0.3, 0.4) is 0 Å². The molecule has 0 aromatic carbocycles. The predicted octanol–water partition coefficient (Wildman–Crippen LogP) is 3.20. The molecule has 0 bridgehead atoms. The van der Waals surface area contributed by atoms with Gasteiger partial charge in [0, 0.05) is 50.0 Å². The van der Waals surface area contributed by atoms with Gasteiger partial charge in [-0.15, -0.1) is 0 Å². The van der Waals surface area contributed by atoms with E-state index in [1.54, 1.807) is 12.4 Å². The third-order valence-corrected chi connectivity index (χ3v) is 6.97. The second kappa shape index (κ2) is 7.70. The molecule has 5 rings (SSSR count). The molecule has 2 N–H and O–H groups in total. The molecule has 1 amide bonds. The largest absolute Gasteiger partial charge is 0.334 e. The summed E-state index contributed by atoms with van der Waals surface area (Å²) in [5, 5.41) is 1.07. The van der Waals surface area contributed by atoms with Crippen LogP contribution >= 0.6 is 0 Å². The monoisotopic (exact) mass is 431 g/mol. The van der Waals surface area contributed by atoms with E-state index in [4.69, 9.17) is 10.7 Å². The molecule has 5 heterocycles. The minimum atomic E-state index is -0.0302. The number of imidazole rings is 1. The van der Waals surface area contributed by atoms with E-state index in [9.17, 15) is 4.79 Å². The topological polar surface area (TPSA) is 94.9 Å².